The Morgan fingerprint density at radius 3 is 3.25 bits per heavy atom. The van der Waals surface area contributed by atoms with Gasteiger partial charge < -0.3 is 9.84 Å². The van der Waals surface area contributed by atoms with E-state index in [0.29, 0.717) is 0 Å². The third kappa shape index (κ3) is 1.75. The van der Waals surface area contributed by atoms with Crippen LogP contribution in [0.5, 0.6) is 11.5 Å². The molecular formula is C9H10O3. The lowest BCUT2D eigenvalue weighted by Gasteiger charge is -2.04. The van der Waals surface area contributed by atoms with Gasteiger partial charge in [0, 0.05) is 5.56 Å². The first-order chi connectivity index (χ1) is 6.93. The molecule has 1 rings (SSSR count). The molecule has 0 radical (unpaired) electrons. The van der Waals surface area contributed by atoms with Gasteiger partial charge >= 0.3 is 0 Å². The SMILES string of the molecule is [2H]C(=O)c1ccc(O)c(OC([2H])C)c1[2H]. The van der Waals surface area contributed by atoms with E-state index in [9.17, 15) is 9.90 Å². The Morgan fingerprint density at radius 2 is 2.67 bits per heavy atom. The highest BCUT2D eigenvalue weighted by molar-refractivity contribution is 5.76. The summed E-state index contributed by atoms with van der Waals surface area (Å²) in [6, 6.07) is 1.97. The first kappa shape index (κ1) is 5.19. The molecule has 0 bridgehead atoms. The van der Waals surface area contributed by atoms with Crippen molar-refractivity contribution in [1.82, 2.24) is 0 Å². The van der Waals surface area contributed by atoms with Gasteiger partial charge in [0.05, 0.1) is 9.32 Å². The molecule has 1 N–H and O–H groups in total. The van der Waals surface area contributed by atoms with E-state index in [4.69, 9.17) is 8.85 Å². The summed E-state index contributed by atoms with van der Waals surface area (Å²) >= 11 is 0. The minimum absolute atomic E-state index is 0.163. The normalized spacial score (nSPS) is 15.6. The minimum Gasteiger partial charge on any atom is -0.504 e. The Bertz CT molecular complexity index is 390. The van der Waals surface area contributed by atoms with E-state index in [1.54, 1.807) is 0 Å². The summed E-state index contributed by atoms with van der Waals surface area (Å²) in [5.41, 5.74) is -0.163. The lowest BCUT2D eigenvalue weighted by atomic mass is 10.2. The van der Waals surface area contributed by atoms with Crippen molar-refractivity contribution >= 4 is 6.26 Å². The van der Waals surface area contributed by atoms with Gasteiger partial charge in [0.15, 0.2) is 11.5 Å². The van der Waals surface area contributed by atoms with Crippen molar-refractivity contribution in [2.24, 2.45) is 0 Å². The van der Waals surface area contributed by atoms with Crippen LogP contribution in [0.4, 0.5) is 0 Å². The van der Waals surface area contributed by atoms with E-state index >= 15 is 0 Å². The zero-order valence-electron chi connectivity index (χ0n) is 9.50. The van der Waals surface area contributed by atoms with E-state index in [1.165, 1.54) is 13.0 Å². The van der Waals surface area contributed by atoms with Crippen molar-refractivity contribution in [2.45, 2.75) is 6.92 Å². The molecule has 3 nitrogen and oxygen atoms in total. The minimum atomic E-state index is -1.03. The van der Waals surface area contributed by atoms with Crippen LogP contribution >= 0.6 is 0 Å². The van der Waals surface area contributed by atoms with Crippen LogP contribution in [0.3, 0.4) is 0 Å². The number of phenols is 1. The fourth-order valence-electron chi connectivity index (χ4n) is 0.733. The number of rotatable bonds is 3. The van der Waals surface area contributed by atoms with Gasteiger partial charge in [-0.2, -0.15) is 0 Å². The van der Waals surface area contributed by atoms with Crippen molar-refractivity contribution in [2.75, 3.05) is 6.58 Å². The second kappa shape index (κ2) is 3.76. The van der Waals surface area contributed by atoms with Crippen LogP contribution in [0.25, 0.3) is 0 Å². The number of phenolic OH excluding ortho intramolecular Hbond substituents is 1. The maximum absolute atomic E-state index is 10.8. The standard InChI is InChI=1S/C9H10O3/c1-2-12-9-5-7(6-10)3-4-8(9)11/h3-6,11H,2H2,1H3/i2D,5D,6D. The van der Waals surface area contributed by atoms with E-state index in [2.05, 4.69) is 0 Å². The smallest absolute Gasteiger partial charge is 0.161 e. The molecular weight excluding hydrogens is 156 g/mol. The highest BCUT2D eigenvalue weighted by Gasteiger charge is 2.01. The first-order valence-corrected chi connectivity index (χ1v) is 3.36. The molecule has 0 amide bonds. The monoisotopic (exact) mass is 169 g/mol. The maximum atomic E-state index is 10.8. The Kier molecular flexibility index (Phi) is 1.63. The number of hydrogen-bond donors (Lipinski definition) is 1. The lowest BCUT2D eigenvalue weighted by molar-refractivity contribution is 0.112. The van der Waals surface area contributed by atoms with E-state index in [0.717, 1.165) is 6.07 Å². The molecule has 1 atom stereocenters. The van der Waals surface area contributed by atoms with Crippen LogP contribution in [-0.4, -0.2) is 18.0 Å². The molecule has 0 fully saturated rings. The third-order valence-electron chi connectivity index (χ3n) is 1.23. The van der Waals surface area contributed by atoms with Gasteiger partial charge in [0.25, 0.3) is 0 Å². The van der Waals surface area contributed by atoms with Crippen LogP contribution in [-0.2, 0) is 0 Å². The second-order valence-electron chi connectivity index (χ2n) is 2.04. The molecule has 0 aliphatic carbocycles. The van der Waals surface area contributed by atoms with Crippen LogP contribution < -0.4 is 4.74 Å². The molecule has 0 spiro atoms. The summed E-state index contributed by atoms with van der Waals surface area (Å²) in [6.07, 6.45) is -1.03. The van der Waals surface area contributed by atoms with E-state index in [1.807, 2.05) is 0 Å². The van der Waals surface area contributed by atoms with Gasteiger partial charge in [-0.15, -0.1) is 0 Å². The second-order valence-corrected chi connectivity index (χ2v) is 2.04. The summed E-state index contributed by atoms with van der Waals surface area (Å²) in [4.78, 5) is 10.8. The van der Waals surface area contributed by atoms with Gasteiger partial charge in [-0.25, -0.2) is 0 Å². The Balaban J connectivity index is 3.24. The average Bonchev–Trinajstić information content (AvgIpc) is 2.11. The van der Waals surface area contributed by atoms with Crippen molar-refractivity contribution in [3.63, 3.8) is 0 Å². The highest BCUT2D eigenvalue weighted by Crippen LogP contribution is 2.25. The number of aldehydes is 1. The molecule has 0 aliphatic rings. The van der Waals surface area contributed by atoms with E-state index < -0.39 is 12.8 Å². The van der Waals surface area contributed by atoms with Crippen molar-refractivity contribution in [3.8, 4) is 11.5 Å². The van der Waals surface area contributed by atoms with Crippen LogP contribution in [0.2, 0.25) is 0 Å². The van der Waals surface area contributed by atoms with Gasteiger partial charge in [-0.3, -0.25) is 4.79 Å². The lowest BCUT2D eigenvalue weighted by Crippen LogP contribution is -1.92. The van der Waals surface area contributed by atoms with Gasteiger partial charge in [-0.05, 0) is 25.1 Å². The molecule has 1 aromatic rings. The molecule has 64 valence electrons. The Hall–Kier alpha value is -1.51. The van der Waals surface area contributed by atoms with Crippen molar-refractivity contribution in [1.29, 1.82) is 0 Å². The highest BCUT2D eigenvalue weighted by atomic mass is 16.5. The average molecular weight is 169 g/mol. The summed E-state index contributed by atoms with van der Waals surface area (Å²) in [5, 5.41) is 9.35. The maximum Gasteiger partial charge on any atom is 0.161 e. The van der Waals surface area contributed by atoms with Crippen molar-refractivity contribution < 1.29 is 18.8 Å². The molecule has 0 heterocycles. The zero-order valence-corrected chi connectivity index (χ0v) is 6.50. The Labute approximate surface area is 74.8 Å². The van der Waals surface area contributed by atoms with Crippen LogP contribution in [0, 0.1) is 0 Å². The van der Waals surface area contributed by atoms with Crippen molar-refractivity contribution in [3.05, 3.63) is 23.7 Å². The number of carbonyl (C=O) groups is 1. The summed E-state index contributed by atoms with van der Waals surface area (Å²) < 4.78 is 26.4. The number of aromatic hydroxyl groups is 1. The quantitative estimate of drug-likeness (QED) is 0.699. The topological polar surface area (TPSA) is 46.5 Å². The van der Waals surface area contributed by atoms with Crippen LogP contribution in [0.15, 0.2) is 18.2 Å². The van der Waals surface area contributed by atoms with Gasteiger partial charge in [0.1, 0.15) is 7.63 Å². The van der Waals surface area contributed by atoms with Gasteiger partial charge in [0.2, 0.25) is 0 Å². The predicted octanol–water partition coefficient (Wildman–Crippen LogP) is 1.60. The molecule has 3 heteroatoms. The molecule has 0 saturated heterocycles. The number of carbonyl (C=O) groups excluding carboxylic acids is 1. The third-order valence-corrected chi connectivity index (χ3v) is 1.23. The van der Waals surface area contributed by atoms with Gasteiger partial charge in [-0.1, -0.05) is 0 Å². The molecule has 0 aliphatic heterocycles. The summed E-state index contributed by atoms with van der Waals surface area (Å²) in [6.45, 7) is 0.449. The fraction of sp³-hybridized carbons (Fsp3) is 0.222. The zero-order chi connectivity index (χ0) is 11.6. The fourth-order valence-corrected chi connectivity index (χ4v) is 0.733. The van der Waals surface area contributed by atoms with E-state index in [-0.39, 0.29) is 23.1 Å². The first-order valence-electron chi connectivity index (χ1n) is 4.93. The Morgan fingerprint density at radius 1 is 1.92 bits per heavy atom. The molecule has 0 saturated carbocycles. The predicted molar refractivity (Wildman–Crippen MR) is 44.7 cm³/mol. The van der Waals surface area contributed by atoms with Crippen LogP contribution in [0.1, 0.15) is 21.4 Å². The summed E-state index contributed by atoms with van der Waals surface area (Å²) in [5.74, 6) is -0.556. The molecule has 12 heavy (non-hydrogen) atoms. The molecule has 1 unspecified atom stereocenters. The largest absolute Gasteiger partial charge is 0.504 e. The molecule has 0 aromatic heterocycles. The number of hydrogen-bond acceptors (Lipinski definition) is 3. The summed E-state index contributed by atoms with van der Waals surface area (Å²) in [7, 11) is 0. The number of ether oxygens (including phenoxy) is 1. The molecule has 1 aromatic carbocycles. The number of benzene rings is 1.